The van der Waals surface area contributed by atoms with Gasteiger partial charge in [0.1, 0.15) is 16.5 Å². The number of nitrogens with zero attached hydrogens (tertiary/aromatic N) is 1. The summed E-state index contributed by atoms with van der Waals surface area (Å²) in [5.74, 6) is -2.17. The summed E-state index contributed by atoms with van der Waals surface area (Å²) in [6.45, 7) is 0. The van der Waals surface area contributed by atoms with Gasteiger partial charge in [-0.25, -0.2) is 14.2 Å². The molecule has 0 fully saturated rings. The molecule has 0 amide bonds. The van der Waals surface area contributed by atoms with E-state index in [1.54, 1.807) is 6.07 Å². The van der Waals surface area contributed by atoms with Gasteiger partial charge in [-0.3, -0.25) is 0 Å². The van der Waals surface area contributed by atoms with Gasteiger partial charge in [0.15, 0.2) is 0 Å². The van der Waals surface area contributed by atoms with E-state index in [0.717, 1.165) is 6.07 Å². The summed E-state index contributed by atoms with van der Waals surface area (Å²) in [6.07, 6.45) is 1.44. The lowest BCUT2D eigenvalue weighted by Crippen LogP contribution is -2.02. The summed E-state index contributed by atoms with van der Waals surface area (Å²) < 4.78 is 13.3. The van der Waals surface area contributed by atoms with Crippen LogP contribution in [0.15, 0.2) is 24.4 Å². The van der Waals surface area contributed by atoms with Crippen LogP contribution in [-0.4, -0.2) is 16.1 Å². The van der Waals surface area contributed by atoms with Gasteiger partial charge in [-0.2, -0.15) is 0 Å². The van der Waals surface area contributed by atoms with Gasteiger partial charge >= 0.3 is 5.97 Å². The highest BCUT2D eigenvalue weighted by Crippen LogP contribution is 2.26. The number of benzene rings is 1. The zero-order valence-corrected chi connectivity index (χ0v) is 8.12. The fourth-order valence-corrected chi connectivity index (χ4v) is 1.67. The van der Waals surface area contributed by atoms with Crippen LogP contribution in [0.2, 0.25) is 5.15 Å². The maximum absolute atomic E-state index is 13.3. The van der Waals surface area contributed by atoms with E-state index in [1.807, 2.05) is 0 Å². The van der Waals surface area contributed by atoms with E-state index < -0.39 is 17.3 Å². The molecule has 76 valence electrons. The molecule has 0 saturated heterocycles. The van der Waals surface area contributed by atoms with E-state index in [9.17, 15) is 9.18 Å². The number of aromatic carboxylic acids is 1. The predicted octanol–water partition coefficient (Wildman–Crippen LogP) is 2.73. The van der Waals surface area contributed by atoms with Gasteiger partial charge in [0.2, 0.25) is 0 Å². The van der Waals surface area contributed by atoms with Crippen molar-refractivity contribution in [3.63, 3.8) is 0 Å². The van der Waals surface area contributed by atoms with E-state index in [-0.39, 0.29) is 10.5 Å². The number of pyridine rings is 1. The van der Waals surface area contributed by atoms with Crippen molar-refractivity contribution in [1.29, 1.82) is 0 Å². The quantitative estimate of drug-likeness (QED) is 0.760. The van der Waals surface area contributed by atoms with Crippen LogP contribution in [0.4, 0.5) is 4.39 Å². The summed E-state index contributed by atoms with van der Waals surface area (Å²) in [6, 6.07) is 4.14. The minimum atomic E-state index is -1.35. The smallest absolute Gasteiger partial charge is 0.339 e. The predicted molar refractivity (Wildman–Crippen MR) is 53.7 cm³/mol. The molecule has 0 aliphatic heterocycles. The first kappa shape index (κ1) is 9.86. The molecule has 1 aromatic heterocycles. The molecule has 1 heterocycles. The molecule has 15 heavy (non-hydrogen) atoms. The van der Waals surface area contributed by atoms with Crippen LogP contribution in [-0.2, 0) is 0 Å². The molecule has 0 radical (unpaired) electrons. The Balaban J connectivity index is 2.97. The molecule has 2 aromatic rings. The molecule has 0 aliphatic rings. The summed E-state index contributed by atoms with van der Waals surface area (Å²) >= 11 is 5.74. The summed E-state index contributed by atoms with van der Waals surface area (Å²) in [5, 5.41) is 9.53. The number of hydrogen-bond donors (Lipinski definition) is 1. The summed E-state index contributed by atoms with van der Waals surface area (Å²) in [4.78, 5) is 14.6. The third-order valence-electron chi connectivity index (χ3n) is 2.05. The number of carboxylic acid groups (broad SMARTS) is 1. The molecule has 1 N–H and O–H groups in total. The molecular formula is C10H5ClFNO2. The fraction of sp³-hybridized carbons (Fsp3) is 0. The number of fused-ring (bicyclic) bond motifs is 1. The minimum Gasteiger partial charge on any atom is -0.478 e. The molecule has 0 saturated carbocycles. The Kier molecular flexibility index (Phi) is 2.28. The van der Waals surface area contributed by atoms with Gasteiger partial charge in [0.25, 0.3) is 0 Å². The highest BCUT2D eigenvalue weighted by atomic mass is 35.5. The third-order valence-corrected chi connectivity index (χ3v) is 2.34. The van der Waals surface area contributed by atoms with Crippen LogP contribution in [0, 0.1) is 5.82 Å². The maximum Gasteiger partial charge on any atom is 0.339 e. The minimum absolute atomic E-state index is 0.00981. The van der Waals surface area contributed by atoms with Crippen molar-refractivity contribution in [1.82, 2.24) is 4.98 Å². The number of carboxylic acids is 1. The van der Waals surface area contributed by atoms with Gasteiger partial charge in [0, 0.05) is 11.6 Å². The van der Waals surface area contributed by atoms with Crippen molar-refractivity contribution in [2.45, 2.75) is 0 Å². The van der Waals surface area contributed by atoms with Crippen LogP contribution in [0.25, 0.3) is 10.8 Å². The van der Waals surface area contributed by atoms with Crippen LogP contribution < -0.4 is 0 Å². The number of halogens is 2. The topological polar surface area (TPSA) is 50.2 Å². The van der Waals surface area contributed by atoms with Crippen molar-refractivity contribution in [2.75, 3.05) is 0 Å². The van der Waals surface area contributed by atoms with Crippen molar-refractivity contribution < 1.29 is 14.3 Å². The molecule has 2 rings (SSSR count). The monoisotopic (exact) mass is 225 g/mol. The Bertz CT molecular complexity index is 556. The number of rotatable bonds is 1. The van der Waals surface area contributed by atoms with Crippen LogP contribution in [0.1, 0.15) is 10.4 Å². The second-order valence-electron chi connectivity index (χ2n) is 2.93. The second-order valence-corrected chi connectivity index (χ2v) is 3.29. The molecule has 0 aliphatic carbocycles. The Hall–Kier alpha value is -1.68. The molecule has 0 atom stereocenters. The van der Waals surface area contributed by atoms with Crippen LogP contribution >= 0.6 is 11.6 Å². The van der Waals surface area contributed by atoms with E-state index in [0.29, 0.717) is 5.39 Å². The lowest BCUT2D eigenvalue weighted by atomic mass is 10.1. The first-order valence-electron chi connectivity index (χ1n) is 4.07. The Morgan fingerprint density at radius 3 is 2.80 bits per heavy atom. The van der Waals surface area contributed by atoms with E-state index in [4.69, 9.17) is 16.7 Å². The fourth-order valence-electron chi connectivity index (χ4n) is 1.41. The van der Waals surface area contributed by atoms with Crippen molar-refractivity contribution in [3.05, 3.63) is 40.9 Å². The van der Waals surface area contributed by atoms with Crippen molar-refractivity contribution in [2.24, 2.45) is 0 Å². The normalized spacial score (nSPS) is 10.5. The van der Waals surface area contributed by atoms with Gasteiger partial charge in [0.05, 0.1) is 0 Å². The zero-order valence-electron chi connectivity index (χ0n) is 7.37. The highest BCUT2D eigenvalue weighted by Gasteiger charge is 2.17. The molecule has 0 bridgehead atoms. The molecular weight excluding hydrogens is 221 g/mol. The van der Waals surface area contributed by atoms with E-state index in [2.05, 4.69) is 4.98 Å². The molecule has 0 unspecified atom stereocenters. The molecule has 1 aromatic carbocycles. The van der Waals surface area contributed by atoms with Gasteiger partial charge in [-0.1, -0.05) is 17.7 Å². The van der Waals surface area contributed by atoms with Crippen LogP contribution in [0.3, 0.4) is 0 Å². The average molecular weight is 226 g/mol. The Morgan fingerprint density at radius 1 is 1.40 bits per heavy atom. The first-order valence-corrected chi connectivity index (χ1v) is 4.45. The van der Waals surface area contributed by atoms with Gasteiger partial charge in [-0.05, 0) is 17.5 Å². The lowest BCUT2D eigenvalue weighted by Gasteiger charge is -2.04. The molecule has 5 heteroatoms. The van der Waals surface area contributed by atoms with Gasteiger partial charge in [-0.15, -0.1) is 0 Å². The lowest BCUT2D eigenvalue weighted by molar-refractivity contribution is 0.0694. The zero-order chi connectivity index (χ0) is 11.0. The Morgan fingerprint density at radius 2 is 2.13 bits per heavy atom. The van der Waals surface area contributed by atoms with E-state index in [1.165, 1.54) is 12.3 Å². The Labute approximate surface area is 89.1 Å². The SMILES string of the molecule is O=C(O)c1c(F)ccc2ccnc(Cl)c12. The second kappa shape index (κ2) is 3.47. The number of hydrogen-bond acceptors (Lipinski definition) is 2. The maximum atomic E-state index is 13.3. The van der Waals surface area contributed by atoms with Crippen molar-refractivity contribution in [3.8, 4) is 0 Å². The summed E-state index contributed by atoms with van der Waals surface area (Å²) in [5.41, 5.74) is -0.439. The van der Waals surface area contributed by atoms with Gasteiger partial charge < -0.3 is 5.11 Å². The number of aromatic nitrogens is 1. The molecule has 3 nitrogen and oxygen atoms in total. The third kappa shape index (κ3) is 1.53. The standard InChI is InChI=1S/C10H5ClFNO2/c11-9-7-5(3-4-13-9)1-2-6(12)8(7)10(14)15/h1-4H,(H,14,15). The largest absolute Gasteiger partial charge is 0.478 e. The average Bonchev–Trinajstić information content (AvgIpc) is 2.18. The highest BCUT2D eigenvalue weighted by molar-refractivity contribution is 6.35. The molecule has 0 spiro atoms. The number of carbonyl (C=O) groups is 1. The van der Waals surface area contributed by atoms with E-state index >= 15 is 0 Å². The van der Waals surface area contributed by atoms with Crippen molar-refractivity contribution >= 4 is 28.3 Å². The summed E-state index contributed by atoms with van der Waals surface area (Å²) in [7, 11) is 0. The first-order chi connectivity index (χ1) is 7.11. The van der Waals surface area contributed by atoms with Crippen LogP contribution in [0.5, 0.6) is 0 Å².